The van der Waals surface area contributed by atoms with Crippen LogP contribution in [0.2, 0.25) is 0 Å². The monoisotopic (exact) mass is 325 g/mol. The van der Waals surface area contributed by atoms with E-state index in [9.17, 15) is 4.79 Å². The van der Waals surface area contributed by atoms with Crippen molar-refractivity contribution in [1.29, 1.82) is 0 Å². The Morgan fingerprint density at radius 3 is 2.92 bits per heavy atom. The maximum atomic E-state index is 12.8. The number of likely N-dealkylation sites (tertiary alicyclic amines) is 1. The van der Waals surface area contributed by atoms with E-state index in [-0.39, 0.29) is 11.9 Å². The molecule has 1 saturated heterocycles. The van der Waals surface area contributed by atoms with Crippen LogP contribution in [0.3, 0.4) is 0 Å². The van der Waals surface area contributed by atoms with Gasteiger partial charge < -0.3 is 15.5 Å². The molecule has 1 aliphatic heterocycles. The molecule has 2 N–H and O–H groups in total. The summed E-state index contributed by atoms with van der Waals surface area (Å²) in [4.78, 5) is 14.8. The number of rotatable bonds is 5. The Kier molecular flexibility index (Phi) is 5.05. The molecule has 0 aliphatic carbocycles. The fourth-order valence-corrected chi connectivity index (χ4v) is 3.06. The molecule has 24 heavy (non-hydrogen) atoms. The first-order valence-electron chi connectivity index (χ1n) is 8.30. The molecule has 3 rings (SSSR count). The Labute approximate surface area is 142 Å². The molecule has 1 aliphatic rings. The zero-order valence-corrected chi connectivity index (χ0v) is 14.1. The number of hydrogen-bond acceptors (Lipinski definition) is 5. The van der Waals surface area contributed by atoms with Crippen molar-refractivity contribution >= 4 is 17.4 Å². The summed E-state index contributed by atoms with van der Waals surface area (Å²) in [5.74, 6) is 0.755. The first-order chi connectivity index (χ1) is 11.7. The molecule has 126 valence electrons. The molecule has 0 spiro atoms. The van der Waals surface area contributed by atoms with Crippen molar-refractivity contribution in [2.24, 2.45) is 0 Å². The van der Waals surface area contributed by atoms with Crippen LogP contribution in [0.1, 0.15) is 28.9 Å². The van der Waals surface area contributed by atoms with Gasteiger partial charge in [0, 0.05) is 30.4 Å². The number of nitrogens with one attached hydrogen (secondary N) is 2. The Balaban J connectivity index is 1.74. The molecule has 6 heteroatoms. The van der Waals surface area contributed by atoms with E-state index in [2.05, 4.69) is 20.8 Å². The van der Waals surface area contributed by atoms with Gasteiger partial charge in [-0.2, -0.15) is 5.10 Å². The van der Waals surface area contributed by atoms with Crippen molar-refractivity contribution in [1.82, 2.24) is 20.4 Å². The average molecular weight is 325 g/mol. The lowest BCUT2D eigenvalue weighted by Gasteiger charge is -2.24. The van der Waals surface area contributed by atoms with Crippen LogP contribution in [-0.2, 0) is 0 Å². The SMILES string of the molecule is CNC[C@@H]1CCCN1C(=O)c1cccc(Nc2ccc(C)nn2)c1. The van der Waals surface area contributed by atoms with Crippen molar-refractivity contribution in [3.63, 3.8) is 0 Å². The predicted molar refractivity (Wildman–Crippen MR) is 94.5 cm³/mol. The quantitative estimate of drug-likeness (QED) is 0.883. The molecule has 0 saturated carbocycles. The number of carbonyl (C=O) groups excluding carboxylic acids is 1. The largest absolute Gasteiger partial charge is 0.339 e. The van der Waals surface area contributed by atoms with Gasteiger partial charge in [-0.1, -0.05) is 6.07 Å². The standard InChI is InChI=1S/C18H23N5O/c1-13-8-9-17(22-21-13)20-15-6-3-5-14(11-15)18(24)23-10-4-7-16(23)12-19-2/h3,5-6,8-9,11,16,19H,4,7,10,12H2,1-2H3,(H,20,22)/t16-/m0/s1. The number of carbonyl (C=O) groups is 1. The molecular weight excluding hydrogens is 302 g/mol. The first-order valence-corrected chi connectivity index (χ1v) is 8.30. The third-order valence-corrected chi connectivity index (χ3v) is 4.26. The molecule has 1 amide bonds. The molecule has 1 aromatic heterocycles. The van der Waals surface area contributed by atoms with Crippen LogP contribution in [0.4, 0.5) is 11.5 Å². The van der Waals surface area contributed by atoms with Gasteiger partial charge in [-0.25, -0.2) is 0 Å². The lowest BCUT2D eigenvalue weighted by atomic mass is 10.1. The van der Waals surface area contributed by atoms with E-state index in [0.717, 1.165) is 37.3 Å². The van der Waals surface area contributed by atoms with Gasteiger partial charge in [-0.3, -0.25) is 4.79 Å². The van der Waals surface area contributed by atoms with Crippen LogP contribution < -0.4 is 10.6 Å². The summed E-state index contributed by atoms with van der Waals surface area (Å²) >= 11 is 0. The van der Waals surface area contributed by atoms with E-state index in [4.69, 9.17) is 0 Å². The van der Waals surface area contributed by atoms with E-state index in [1.54, 1.807) is 0 Å². The highest BCUT2D eigenvalue weighted by molar-refractivity contribution is 5.95. The van der Waals surface area contributed by atoms with Crippen LogP contribution in [0.5, 0.6) is 0 Å². The van der Waals surface area contributed by atoms with Gasteiger partial charge >= 0.3 is 0 Å². The summed E-state index contributed by atoms with van der Waals surface area (Å²) in [6, 6.07) is 11.6. The number of likely N-dealkylation sites (N-methyl/N-ethyl adjacent to an activating group) is 1. The molecule has 0 bridgehead atoms. The zero-order chi connectivity index (χ0) is 16.9. The third kappa shape index (κ3) is 3.71. The van der Waals surface area contributed by atoms with E-state index >= 15 is 0 Å². The summed E-state index contributed by atoms with van der Waals surface area (Å²) in [5.41, 5.74) is 2.40. The summed E-state index contributed by atoms with van der Waals surface area (Å²) in [6.07, 6.45) is 2.12. The Bertz CT molecular complexity index is 701. The van der Waals surface area contributed by atoms with Gasteiger partial charge in [0.1, 0.15) is 0 Å². The highest BCUT2D eigenvalue weighted by atomic mass is 16.2. The Morgan fingerprint density at radius 1 is 1.29 bits per heavy atom. The minimum atomic E-state index is 0.0893. The number of aryl methyl sites for hydroxylation is 1. The highest BCUT2D eigenvalue weighted by Crippen LogP contribution is 2.22. The second-order valence-corrected chi connectivity index (χ2v) is 6.12. The molecule has 1 atom stereocenters. The van der Waals surface area contributed by atoms with E-state index < -0.39 is 0 Å². The van der Waals surface area contributed by atoms with E-state index in [0.29, 0.717) is 11.4 Å². The van der Waals surface area contributed by atoms with Crippen molar-refractivity contribution < 1.29 is 4.79 Å². The minimum Gasteiger partial charge on any atom is -0.339 e. The van der Waals surface area contributed by atoms with Crippen LogP contribution in [0, 0.1) is 6.92 Å². The molecule has 6 nitrogen and oxygen atoms in total. The average Bonchev–Trinajstić information content (AvgIpc) is 3.05. The summed E-state index contributed by atoms with van der Waals surface area (Å²) in [7, 11) is 1.92. The Hall–Kier alpha value is -2.47. The molecule has 2 heterocycles. The maximum Gasteiger partial charge on any atom is 0.254 e. The molecule has 2 aromatic rings. The second-order valence-electron chi connectivity index (χ2n) is 6.12. The van der Waals surface area contributed by atoms with Gasteiger partial charge in [0.15, 0.2) is 5.82 Å². The number of hydrogen-bond donors (Lipinski definition) is 2. The number of anilines is 2. The summed E-state index contributed by atoms with van der Waals surface area (Å²) in [6.45, 7) is 3.56. The maximum absolute atomic E-state index is 12.8. The molecule has 1 aromatic carbocycles. The fraction of sp³-hybridized carbons (Fsp3) is 0.389. The first kappa shape index (κ1) is 16.4. The van der Waals surface area contributed by atoms with Crippen molar-refractivity contribution in [3.05, 3.63) is 47.7 Å². The smallest absolute Gasteiger partial charge is 0.254 e. The molecular formula is C18H23N5O. The predicted octanol–water partition coefficient (Wildman–Crippen LogP) is 2.35. The van der Waals surface area contributed by atoms with Crippen LogP contribution in [-0.4, -0.2) is 47.2 Å². The number of benzene rings is 1. The van der Waals surface area contributed by atoms with Crippen LogP contribution in [0.15, 0.2) is 36.4 Å². The summed E-state index contributed by atoms with van der Waals surface area (Å²) < 4.78 is 0. The zero-order valence-electron chi connectivity index (χ0n) is 14.1. The number of nitrogens with zero attached hydrogens (tertiary/aromatic N) is 3. The normalized spacial score (nSPS) is 17.1. The fourth-order valence-electron chi connectivity index (χ4n) is 3.06. The van der Waals surface area contributed by atoms with Crippen molar-refractivity contribution in [2.75, 3.05) is 25.5 Å². The van der Waals surface area contributed by atoms with Crippen LogP contribution in [0.25, 0.3) is 0 Å². The number of amides is 1. The molecule has 0 radical (unpaired) electrons. The summed E-state index contributed by atoms with van der Waals surface area (Å²) in [5, 5.41) is 14.5. The van der Waals surface area contributed by atoms with Gasteiger partial charge in [-0.15, -0.1) is 5.10 Å². The molecule has 0 unspecified atom stereocenters. The lowest BCUT2D eigenvalue weighted by Crippen LogP contribution is -2.40. The van der Waals surface area contributed by atoms with E-state index in [1.165, 1.54) is 0 Å². The second kappa shape index (κ2) is 7.40. The number of aromatic nitrogens is 2. The Morgan fingerprint density at radius 2 is 2.17 bits per heavy atom. The topological polar surface area (TPSA) is 70.2 Å². The van der Waals surface area contributed by atoms with E-state index in [1.807, 2.05) is 55.3 Å². The minimum absolute atomic E-state index is 0.0893. The van der Waals surface area contributed by atoms with Crippen LogP contribution >= 0.6 is 0 Å². The van der Waals surface area contributed by atoms with Crippen molar-refractivity contribution in [2.45, 2.75) is 25.8 Å². The van der Waals surface area contributed by atoms with Gasteiger partial charge in [0.05, 0.1) is 5.69 Å². The molecule has 1 fully saturated rings. The van der Waals surface area contributed by atoms with Gasteiger partial charge in [0.2, 0.25) is 0 Å². The highest BCUT2D eigenvalue weighted by Gasteiger charge is 2.28. The third-order valence-electron chi connectivity index (χ3n) is 4.26. The van der Waals surface area contributed by atoms with Gasteiger partial charge in [-0.05, 0) is 57.1 Å². The van der Waals surface area contributed by atoms with Crippen molar-refractivity contribution in [3.8, 4) is 0 Å². The van der Waals surface area contributed by atoms with Gasteiger partial charge in [0.25, 0.3) is 5.91 Å². The lowest BCUT2D eigenvalue weighted by molar-refractivity contribution is 0.0737.